The summed E-state index contributed by atoms with van der Waals surface area (Å²) in [5, 5.41) is 2.61. The molecule has 0 aliphatic carbocycles. The molecule has 0 aliphatic heterocycles. The zero-order valence-corrected chi connectivity index (χ0v) is 10.2. The molecule has 0 aliphatic rings. The first-order valence-electron chi connectivity index (χ1n) is 5.79. The number of carbonyl (C=O) groups excluding carboxylic acids is 2. The average molecular weight is 258 g/mol. The number of rotatable bonds is 5. The Morgan fingerprint density at radius 1 is 1.32 bits per heavy atom. The van der Waals surface area contributed by atoms with Gasteiger partial charge in [-0.1, -0.05) is 18.2 Å². The molecule has 98 valence electrons. The van der Waals surface area contributed by atoms with Crippen LogP contribution in [0.1, 0.15) is 16.1 Å². The van der Waals surface area contributed by atoms with Gasteiger partial charge in [-0.25, -0.2) is 4.98 Å². The quantitative estimate of drug-likeness (QED) is 0.715. The van der Waals surface area contributed by atoms with Gasteiger partial charge in [-0.2, -0.15) is 0 Å². The highest BCUT2D eigenvalue weighted by molar-refractivity contribution is 5.97. The van der Waals surface area contributed by atoms with Gasteiger partial charge >= 0.3 is 0 Å². The van der Waals surface area contributed by atoms with Crippen molar-refractivity contribution in [3.05, 3.63) is 54.1 Å². The van der Waals surface area contributed by atoms with Crippen LogP contribution in [0.4, 0.5) is 0 Å². The van der Waals surface area contributed by atoms with Crippen LogP contribution in [-0.4, -0.2) is 27.8 Å². The number of amides is 2. The lowest BCUT2D eigenvalue weighted by Gasteiger charge is -2.14. The van der Waals surface area contributed by atoms with Gasteiger partial charge in [-0.15, -0.1) is 0 Å². The zero-order valence-electron chi connectivity index (χ0n) is 10.2. The first-order valence-corrected chi connectivity index (χ1v) is 5.79. The van der Waals surface area contributed by atoms with Crippen LogP contribution in [0.15, 0.2) is 42.9 Å². The van der Waals surface area contributed by atoms with Crippen LogP contribution in [0.25, 0.3) is 0 Å². The summed E-state index contributed by atoms with van der Waals surface area (Å²) in [6, 6.07) is 7.89. The average Bonchev–Trinajstić information content (AvgIpc) is 2.91. The summed E-state index contributed by atoms with van der Waals surface area (Å²) in [7, 11) is 0. The SMILES string of the molecule is NC(=O)[C@H](Cc1cnc[nH]1)NC(=O)c1ccccc1. The molecule has 0 saturated carbocycles. The minimum atomic E-state index is -0.770. The van der Waals surface area contributed by atoms with Crippen molar-refractivity contribution in [1.29, 1.82) is 0 Å². The molecule has 0 fully saturated rings. The first-order chi connectivity index (χ1) is 9.16. The van der Waals surface area contributed by atoms with E-state index in [4.69, 9.17) is 5.73 Å². The van der Waals surface area contributed by atoms with Crippen LogP contribution < -0.4 is 11.1 Å². The number of nitrogens with zero attached hydrogens (tertiary/aromatic N) is 1. The topological polar surface area (TPSA) is 101 Å². The monoisotopic (exact) mass is 258 g/mol. The molecular weight excluding hydrogens is 244 g/mol. The van der Waals surface area contributed by atoms with E-state index in [0.29, 0.717) is 5.56 Å². The maximum Gasteiger partial charge on any atom is 0.251 e. The molecule has 0 unspecified atom stereocenters. The Labute approximate surface area is 110 Å². The molecular formula is C13H14N4O2. The molecule has 2 rings (SSSR count). The van der Waals surface area contributed by atoms with Gasteiger partial charge in [-0.05, 0) is 12.1 Å². The number of nitrogens with one attached hydrogen (secondary N) is 2. The third kappa shape index (κ3) is 3.41. The predicted molar refractivity (Wildman–Crippen MR) is 69.2 cm³/mol. The molecule has 0 bridgehead atoms. The van der Waals surface area contributed by atoms with E-state index in [9.17, 15) is 9.59 Å². The van der Waals surface area contributed by atoms with E-state index < -0.39 is 11.9 Å². The number of aromatic amines is 1. The Bertz CT molecular complexity index is 551. The Balaban J connectivity index is 2.05. The molecule has 6 nitrogen and oxygen atoms in total. The van der Waals surface area contributed by atoms with Crippen molar-refractivity contribution in [1.82, 2.24) is 15.3 Å². The van der Waals surface area contributed by atoms with E-state index in [0.717, 1.165) is 5.69 Å². The van der Waals surface area contributed by atoms with Crippen LogP contribution in [0.5, 0.6) is 0 Å². The number of H-pyrrole nitrogens is 1. The van der Waals surface area contributed by atoms with Crippen molar-refractivity contribution in [3.8, 4) is 0 Å². The van der Waals surface area contributed by atoms with Gasteiger partial charge in [0.2, 0.25) is 5.91 Å². The van der Waals surface area contributed by atoms with Crippen LogP contribution in [0, 0.1) is 0 Å². The smallest absolute Gasteiger partial charge is 0.251 e. The lowest BCUT2D eigenvalue weighted by Crippen LogP contribution is -2.45. The fourth-order valence-electron chi connectivity index (χ4n) is 1.67. The van der Waals surface area contributed by atoms with Crippen molar-refractivity contribution >= 4 is 11.8 Å². The van der Waals surface area contributed by atoms with Gasteiger partial charge in [0, 0.05) is 23.9 Å². The molecule has 4 N–H and O–H groups in total. The van der Waals surface area contributed by atoms with Gasteiger partial charge in [0.15, 0.2) is 0 Å². The van der Waals surface area contributed by atoms with Crippen molar-refractivity contribution in [3.63, 3.8) is 0 Å². The van der Waals surface area contributed by atoms with Gasteiger partial charge in [0.05, 0.1) is 6.33 Å². The summed E-state index contributed by atoms with van der Waals surface area (Å²) >= 11 is 0. The summed E-state index contributed by atoms with van der Waals surface area (Å²) in [5.41, 5.74) is 6.51. The third-order valence-corrected chi connectivity index (χ3v) is 2.66. The normalized spacial score (nSPS) is 11.8. The number of imidazole rings is 1. The minimum Gasteiger partial charge on any atom is -0.368 e. The van der Waals surface area contributed by atoms with Crippen molar-refractivity contribution in [2.75, 3.05) is 0 Å². The molecule has 1 atom stereocenters. The van der Waals surface area contributed by atoms with Crippen LogP contribution in [-0.2, 0) is 11.2 Å². The summed E-state index contributed by atoms with van der Waals surface area (Å²) in [6.45, 7) is 0. The molecule has 0 spiro atoms. The molecule has 0 saturated heterocycles. The van der Waals surface area contributed by atoms with Crippen LogP contribution in [0.3, 0.4) is 0 Å². The molecule has 19 heavy (non-hydrogen) atoms. The standard InChI is InChI=1S/C13H14N4O2/c14-12(18)11(6-10-7-15-8-16-10)17-13(19)9-4-2-1-3-5-9/h1-5,7-8,11H,6H2,(H2,14,18)(H,15,16)(H,17,19)/t11-/m0/s1. The lowest BCUT2D eigenvalue weighted by molar-refractivity contribution is -0.119. The number of primary amides is 1. The van der Waals surface area contributed by atoms with E-state index in [1.54, 1.807) is 30.5 Å². The Morgan fingerprint density at radius 2 is 2.05 bits per heavy atom. The van der Waals surface area contributed by atoms with E-state index in [1.165, 1.54) is 6.33 Å². The molecule has 0 radical (unpaired) electrons. The summed E-state index contributed by atoms with van der Waals surface area (Å²) < 4.78 is 0. The fourth-order valence-corrected chi connectivity index (χ4v) is 1.67. The summed E-state index contributed by atoms with van der Waals surface area (Å²) in [5.74, 6) is -0.914. The van der Waals surface area contributed by atoms with Crippen LogP contribution >= 0.6 is 0 Å². The van der Waals surface area contributed by atoms with Gasteiger partial charge in [-0.3, -0.25) is 9.59 Å². The Hall–Kier alpha value is -2.63. The van der Waals surface area contributed by atoms with E-state index in [1.807, 2.05) is 6.07 Å². The largest absolute Gasteiger partial charge is 0.368 e. The molecule has 2 amide bonds. The fraction of sp³-hybridized carbons (Fsp3) is 0.154. The second-order valence-corrected chi connectivity index (χ2v) is 4.08. The molecule has 1 heterocycles. The third-order valence-electron chi connectivity index (χ3n) is 2.66. The maximum atomic E-state index is 11.9. The highest BCUT2D eigenvalue weighted by Gasteiger charge is 2.19. The summed E-state index contributed by atoms with van der Waals surface area (Å²) in [6.07, 6.45) is 3.38. The van der Waals surface area contributed by atoms with Crippen molar-refractivity contribution in [2.45, 2.75) is 12.5 Å². The van der Waals surface area contributed by atoms with E-state index >= 15 is 0 Å². The number of nitrogens with two attached hydrogens (primary N) is 1. The predicted octanol–water partition coefficient (Wildman–Crippen LogP) is 0.236. The Morgan fingerprint density at radius 3 is 2.63 bits per heavy atom. The van der Waals surface area contributed by atoms with E-state index in [-0.39, 0.29) is 12.3 Å². The number of hydrogen-bond donors (Lipinski definition) is 3. The minimum absolute atomic E-state index is 0.286. The highest BCUT2D eigenvalue weighted by atomic mass is 16.2. The molecule has 1 aromatic heterocycles. The van der Waals surface area contributed by atoms with Crippen molar-refractivity contribution in [2.24, 2.45) is 5.73 Å². The molecule has 1 aromatic carbocycles. The molecule has 6 heteroatoms. The van der Waals surface area contributed by atoms with Crippen molar-refractivity contribution < 1.29 is 9.59 Å². The Kier molecular flexibility index (Phi) is 3.92. The molecule has 2 aromatic rings. The van der Waals surface area contributed by atoms with E-state index in [2.05, 4.69) is 15.3 Å². The van der Waals surface area contributed by atoms with Crippen LogP contribution in [0.2, 0.25) is 0 Å². The first kappa shape index (κ1) is 12.8. The number of carbonyl (C=O) groups is 2. The second-order valence-electron chi connectivity index (χ2n) is 4.08. The lowest BCUT2D eigenvalue weighted by atomic mass is 10.1. The number of hydrogen-bond acceptors (Lipinski definition) is 3. The number of benzene rings is 1. The van der Waals surface area contributed by atoms with Gasteiger partial charge in [0.1, 0.15) is 6.04 Å². The van der Waals surface area contributed by atoms with Gasteiger partial charge < -0.3 is 16.0 Å². The summed E-state index contributed by atoms with van der Waals surface area (Å²) in [4.78, 5) is 30.0. The highest BCUT2D eigenvalue weighted by Crippen LogP contribution is 2.02. The second kappa shape index (κ2) is 5.81. The zero-order chi connectivity index (χ0) is 13.7. The number of aromatic nitrogens is 2. The maximum absolute atomic E-state index is 11.9. The van der Waals surface area contributed by atoms with Gasteiger partial charge in [0.25, 0.3) is 5.91 Å².